The van der Waals surface area contributed by atoms with Crippen LogP contribution in [0.1, 0.15) is 30.8 Å². The minimum absolute atomic E-state index is 0. The van der Waals surface area contributed by atoms with Crippen LogP contribution in [0.15, 0.2) is 5.38 Å². The van der Waals surface area contributed by atoms with Crippen molar-refractivity contribution in [3.8, 4) is 0 Å². The van der Waals surface area contributed by atoms with Crippen molar-refractivity contribution in [3.05, 3.63) is 11.1 Å². The van der Waals surface area contributed by atoms with Crippen LogP contribution in [0.2, 0.25) is 0 Å². The van der Waals surface area contributed by atoms with Crippen molar-refractivity contribution in [3.63, 3.8) is 0 Å². The Labute approximate surface area is 140 Å². The van der Waals surface area contributed by atoms with Gasteiger partial charge in [-0.05, 0) is 25.4 Å². The number of thiazole rings is 1. The van der Waals surface area contributed by atoms with Gasteiger partial charge >= 0.3 is 0 Å². The Balaban J connectivity index is 0.00000200. The van der Waals surface area contributed by atoms with Crippen molar-refractivity contribution in [1.29, 1.82) is 0 Å². The van der Waals surface area contributed by atoms with Crippen LogP contribution in [0.5, 0.6) is 0 Å². The van der Waals surface area contributed by atoms with Crippen molar-refractivity contribution < 1.29 is 9.59 Å². The maximum Gasteiger partial charge on any atom is 0.271 e. The Hall–Kier alpha value is -0.890. The largest absolute Gasteiger partial charge is 0.348 e. The molecule has 21 heavy (non-hydrogen) atoms. The van der Waals surface area contributed by atoms with Gasteiger partial charge in [-0.2, -0.15) is 0 Å². The molecule has 0 aromatic carbocycles. The monoisotopic (exact) mass is 354 g/mol. The van der Waals surface area contributed by atoms with E-state index >= 15 is 0 Å². The Kier molecular flexibility index (Phi) is 8.80. The number of halogens is 2. The lowest BCUT2D eigenvalue weighted by molar-refractivity contribution is -0.114. The molecule has 1 aliphatic rings. The van der Waals surface area contributed by atoms with E-state index in [0.29, 0.717) is 16.7 Å². The number of rotatable bonds is 3. The molecule has 9 heteroatoms. The zero-order valence-electron chi connectivity index (χ0n) is 11.8. The number of aromatic nitrogens is 1. The molecule has 1 aromatic heterocycles. The molecule has 0 aliphatic carbocycles. The highest BCUT2D eigenvalue weighted by atomic mass is 35.5. The summed E-state index contributed by atoms with van der Waals surface area (Å²) in [5, 5.41) is 11.0. The fraction of sp³-hybridized carbons (Fsp3) is 0.583. The van der Waals surface area contributed by atoms with Crippen LogP contribution >= 0.6 is 36.2 Å². The number of hydrogen-bond acceptors (Lipinski definition) is 5. The third-order valence-electron chi connectivity index (χ3n) is 3.12. The number of amides is 2. The van der Waals surface area contributed by atoms with E-state index in [4.69, 9.17) is 0 Å². The normalized spacial score (nSPS) is 20.7. The van der Waals surface area contributed by atoms with Crippen LogP contribution in [-0.2, 0) is 4.79 Å². The summed E-state index contributed by atoms with van der Waals surface area (Å²) >= 11 is 1.25. The topological polar surface area (TPSA) is 83.1 Å². The van der Waals surface area contributed by atoms with Gasteiger partial charge in [0, 0.05) is 18.3 Å². The fourth-order valence-electron chi connectivity index (χ4n) is 2.06. The van der Waals surface area contributed by atoms with E-state index < -0.39 is 0 Å². The molecule has 2 amide bonds. The van der Waals surface area contributed by atoms with Crippen molar-refractivity contribution >= 4 is 53.1 Å². The number of hydrogen-bond donors (Lipinski definition) is 3. The lowest BCUT2D eigenvalue weighted by Crippen LogP contribution is -2.48. The Morgan fingerprint density at radius 3 is 2.76 bits per heavy atom. The second-order valence-corrected chi connectivity index (χ2v) is 5.63. The maximum atomic E-state index is 12.1. The number of carbonyl (C=O) groups excluding carboxylic acids is 2. The molecule has 0 saturated carbocycles. The first-order chi connectivity index (χ1) is 9.06. The van der Waals surface area contributed by atoms with E-state index in [1.807, 2.05) is 0 Å². The minimum Gasteiger partial charge on any atom is -0.348 e. The van der Waals surface area contributed by atoms with Crippen LogP contribution < -0.4 is 16.0 Å². The second kappa shape index (κ2) is 9.19. The number of nitrogens with one attached hydrogen (secondary N) is 3. The first-order valence-corrected chi connectivity index (χ1v) is 7.19. The molecule has 1 saturated heterocycles. The van der Waals surface area contributed by atoms with Crippen LogP contribution in [-0.4, -0.2) is 35.9 Å². The van der Waals surface area contributed by atoms with E-state index in [0.717, 1.165) is 19.5 Å². The van der Waals surface area contributed by atoms with Crippen molar-refractivity contribution in [2.75, 3.05) is 18.4 Å². The smallest absolute Gasteiger partial charge is 0.271 e. The summed E-state index contributed by atoms with van der Waals surface area (Å²) in [4.78, 5) is 27.1. The SMILES string of the molecule is CC(=O)Nc1nc(C(=O)NC2CCNCC2C)cs1.Cl.Cl. The van der Waals surface area contributed by atoms with Gasteiger partial charge in [-0.15, -0.1) is 36.2 Å². The van der Waals surface area contributed by atoms with Crippen molar-refractivity contribution in [2.24, 2.45) is 5.92 Å². The predicted molar refractivity (Wildman–Crippen MR) is 88.8 cm³/mol. The summed E-state index contributed by atoms with van der Waals surface area (Å²) in [5.74, 6) is 0.0473. The zero-order valence-corrected chi connectivity index (χ0v) is 14.3. The number of nitrogens with zero attached hydrogens (tertiary/aromatic N) is 1. The fourth-order valence-corrected chi connectivity index (χ4v) is 2.79. The molecule has 0 radical (unpaired) electrons. The van der Waals surface area contributed by atoms with Gasteiger partial charge in [-0.3, -0.25) is 9.59 Å². The molecule has 6 nitrogen and oxygen atoms in total. The highest BCUT2D eigenvalue weighted by Gasteiger charge is 2.23. The third-order valence-corrected chi connectivity index (χ3v) is 3.88. The van der Waals surface area contributed by atoms with Gasteiger partial charge in [-0.1, -0.05) is 6.92 Å². The molecule has 2 unspecified atom stereocenters. The maximum absolute atomic E-state index is 12.1. The van der Waals surface area contributed by atoms with Gasteiger partial charge in [0.2, 0.25) is 5.91 Å². The predicted octanol–water partition coefficient (Wildman–Crippen LogP) is 1.67. The molecule has 3 N–H and O–H groups in total. The van der Waals surface area contributed by atoms with Gasteiger partial charge in [0.05, 0.1) is 0 Å². The van der Waals surface area contributed by atoms with Gasteiger partial charge in [-0.25, -0.2) is 4.98 Å². The van der Waals surface area contributed by atoms with Gasteiger partial charge in [0.15, 0.2) is 5.13 Å². The van der Waals surface area contributed by atoms with Gasteiger partial charge < -0.3 is 16.0 Å². The van der Waals surface area contributed by atoms with Gasteiger partial charge in [0.1, 0.15) is 5.69 Å². The molecular weight excluding hydrogens is 335 g/mol. The highest BCUT2D eigenvalue weighted by molar-refractivity contribution is 7.14. The Bertz CT molecular complexity index is 484. The van der Waals surface area contributed by atoms with Crippen LogP contribution in [0.25, 0.3) is 0 Å². The zero-order chi connectivity index (χ0) is 13.8. The molecule has 1 aromatic rings. The average molecular weight is 355 g/mol. The molecule has 2 rings (SSSR count). The molecule has 120 valence electrons. The third kappa shape index (κ3) is 5.78. The van der Waals surface area contributed by atoms with Crippen molar-refractivity contribution in [2.45, 2.75) is 26.3 Å². The second-order valence-electron chi connectivity index (χ2n) is 4.77. The summed E-state index contributed by atoms with van der Waals surface area (Å²) < 4.78 is 0. The summed E-state index contributed by atoms with van der Waals surface area (Å²) in [7, 11) is 0. The molecular formula is C12H20Cl2N4O2S. The molecule has 1 aliphatic heterocycles. The van der Waals surface area contributed by atoms with Crippen LogP contribution in [0.3, 0.4) is 0 Å². The summed E-state index contributed by atoms with van der Waals surface area (Å²) in [6, 6.07) is 0.180. The van der Waals surface area contributed by atoms with Gasteiger partial charge in [0.25, 0.3) is 5.91 Å². The van der Waals surface area contributed by atoms with Crippen molar-refractivity contribution in [1.82, 2.24) is 15.6 Å². The lowest BCUT2D eigenvalue weighted by Gasteiger charge is -2.29. The quantitative estimate of drug-likeness (QED) is 0.770. The standard InChI is InChI=1S/C12H18N4O2S.2ClH/c1-7-5-13-4-3-9(7)15-11(18)10-6-19-12(16-10)14-8(2)17;;/h6-7,9,13H,3-5H2,1-2H3,(H,15,18)(H,14,16,17);2*1H. The summed E-state index contributed by atoms with van der Waals surface area (Å²) in [6.07, 6.45) is 0.926. The average Bonchev–Trinajstić information content (AvgIpc) is 2.79. The van der Waals surface area contributed by atoms with E-state index in [2.05, 4.69) is 27.9 Å². The number of carbonyl (C=O) groups is 2. The summed E-state index contributed by atoms with van der Waals surface area (Å²) in [6.45, 7) is 5.36. The molecule has 2 heterocycles. The molecule has 0 spiro atoms. The number of piperidine rings is 1. The molecule has 1 fully saturated rings. The highest BCUT2D eigenvalue weighted by Crippen LogP contribution is 2.16. The number of anilines is 1. The van der Waals surface area contributed by atoms with E-state index in [1.54, 1.807) is 5.38 Å². The van der Waals surface area contributed by atoms with Crippen LogP contribution in [0.4, 0.5) is 5.13 Å². The van der Waals surface area contributed by atoms with Crippen LogP contribution in [0, 0.1) is 5.92 Å². The Morgan fingerprint density at radius 2 is 2.14 bits per heavy atom. The van der Waals surface area contributed by atoms with E-state index in [-0.39, 0.29) is 42.7 Å². The first kappa shape index (κ1) is 20.1. The summed E-state index contributed by atoms with van der Waals surface area (Å²) in [5.41, 5.74) is 0.361. The molecule has 2 atom stereocenters. The van der Waals surface area contributed by atoms with E-state index in [1.165, 1.54) is 18.3 Å². The molecule has 0 bridgehead atoms. The Morgan fingerprint density at radius 1 is 1.43 bits per heavy atom. The minimum atomic E-state index is -0.187. The first-order valence-electron chi connectivity index (χ1n) is 6.31. The van der Waals surface area contributed by atoms with E-state index in [9.17, 15) is 9.59 Å². The lowest BCUT2D eigenvalue weighted by atomic mass is 9.95.